The summed E-state index contributed by atoms with van der Waals surface area (Å²) < 4.78 is 0. The molecule has 0 aromatic rings. The lowest BCUT2D eigenvalue weighted by Crippen LogP contribution is -2.47. The minimum atomic E-state index is -1.16. The quantitative estimate of drug-likeness (QED) is 0.570. The van der Waals surface area contributed by atoms with Crippen LogP contribution >= 0.6 is 46.4 Å². The van der Waals surface area contributed by atoms with E-state index in [-0.39, 0.29) is 0 Å². The first-order chi connectivity index (χ1) is 4.95. The molecule has 0 radical (unpaired) electrons. The number of halogens is 4. The van der Waals surface area contributed by atoms with Gasteiger partial charge >= 0.3 is 0 Å². The molecule has 0 heterocycles. The first kappa shape index (κ1) is 11.6. The van der Waals surface area contributed by atoms with Crippen molar-refractivity contribution in [2.45, 2.75) is 15.8 Å². The lowest BCUT2D eigenvalue weighted by Gasteiger charge is -2.14. The summed E-state index contributed by atoms with van der Waals surface area (Å²) in [7, 11) is 0. The maximum absolute atomic E-state index is 10.7. The molecule has 11 heavy (non-hydrogen) atoms. The van der Waals surface area contributed by atoms with Crippen molar-refractivity contribution in [3.63, 3.8) is 0 Å². The largest absolute Gasteiger partial charge is 0.336 e. The summed E-state index contributed by atoms with van der Waals surface area (Å²) in [6, 6.07) is 0. The molecular formula is C4H6Cl4N2O. The van der Waals surface area contributed by atoms with Crippen molar-refractivity contribution in [1.29, 1.82) is 0 Å². The van der Waals surface area contributed by atoms with E-state index in [0.717, 1.165) is 0 Å². The zero-order valence-electron chi connectivity index (χ0n) is 5.23. The van der Waals surface area contributed by atoms with Crippen LogP contribution in [0.25, 0.3) is 0 Å². The van der Waals surface area contributed by atoms with Crippen LogP contribution in [0.3, 0.4) is 0 Å². The van der Waals surface area contributed by atoms with E-state index in [4.69, 9.17) is 52.1 Å². The summed E-state index contributed by atoms with van der Waals surface area (Å²) in [5, 5.41) is 2.19. The van der Waals surface area contributed by atoms with E-state index in [1.807, 2.05) is 0 Å². The fourth-order valence-electron chi connectivity index (χ4n) is 0.290. The Morgan fingerprint density at radius 2 is 1.73 bits per heavy atom. The Morgan fingerprint density at radius 3 is 2.00 bits per heavy atom. The van der Waals surface area contributed by atoms with Crippen LogP contribution in [-0.2, 0) is 4.79 Å². The van der Waals surface area contributed by atoms with Crippen LogP contribution in [0, 0.1) is 0 Å². The molecule has 0 saturated heterocycles. The van der Waals surface area contributed by atoms with Crippen molar-refractivity contribution < 1.29 is 4.79 Å². The number of hydrogen-bond acceptors (Lipinski definition) is 2. The lowest BCUT2D eigenvalue weighted by atomic mass is 10.5. The summed E-state index contributed by atoms with van der Waals surface area (Å²) in [6.45, 7) is 0. The van der Waals surface area contributed by atoms with Gasteiger partial charge in [-0.05, 0) is 0 Å². The number of alkyl halides is 4. The monoisotopic (exact) mass is 238 g/mol. The molecule has 1 atom stereocenters. The van der Waals surface area contributed by atoms with E-state index in [1.54, 1.807) is 0 Å². The second-order valence-corrected chi connectivity index (χ2v) is 3.93. The van der Waals surface area contributed by atoms with Crippen LogP contribution < -0.4 is 11.1 Å². The highest BCUT2D eigenvalue weighted by molar-refractivity contribution is 6.53. The van der Waals surface area contributed by atoms with E-state index < -0.39 is 21.7 Å². The van der Waals surface area contributed by atoms with Crippen LogP contribution in [0.1, 0.15) is 0 Å². The third kappa shape index (κ3) is 4.93. The highest BCUT2D eigenvalue weighted by Crippen LogP contribution is 2.06. The number of rotatable bonds is 3. The molecule has 3 nitrogen and oxygen atoms in total. The third-order valence-corrected chi connectivity index (χ3v) is 1.72. The molecule has 0 aliphatic rings. The van der Waals surface area contributed by atoms with Crippen molar-refractivity contribution in [2.75, 3.05) is 0 Å². The van der Waals surface area contributed by atoms with Crippen molar-refractivity contribution in [3.05, 3.63) is 0 Å². The molecule has 0 aromatic carbocycles. The Hall–Kier alpha value is 0.590. The second-order valence-electron chi connectivity index (χ2n) is 1.67. The fraction of sp³-hybridized carbons (Fsp3) is 0.750. The van der Waals surface area contributed by atoms with Crippen molar-refractivity contribution in [3.8, 4) is 0 Å². The zero-order chi connectivity index (χ0) is 9.02. The molecule has 1 unspecified atom stereocenters. The first-order valence-corrected chi connectivity index (χ1v) is 4.32. The molecule has 0 bridgehead atoms. The summed E-state index contributed by atoms with van der Waals surface area (Å²) in [4.78, 5) is 8.64. The number of nitrogens with one attached hydrogen (secondary N) is 1. The molecule has 0 fully saturated rings. The Labute approximate surface area is 84.1 Å². The highest BCUT2D eigenvalue weighted by Gasteiger charge is 2.18. The van der Waals surface area contributed by atoms with Gasteiger partial charge < -0.3 is 11.1 Å². The van der Waals surface area contributed by atoms with Crippen LogP contribution in [0.2, 0.25) is 0 Å². The van der Waals surface area contributed by atoms with Gasteiger partial charge in [-0.2, -0.15) is 0 Å². The summed E-state index contributed by atoms with van der Waals surface area (Å²) in [5.41, 5.74) is 5.24. The van der Waals surface area contributed by atoms with Crippen LogP contribution in [0.4, 0.5) is 0 Å². The summed E-state index contributed by atoms with van der Waals surface area (Å²) in [5.74, 6) is -0.618. The number of nitrogens with two attached hydrogens (primary N) is 1. The molecule has 0 aromatic heterocycles. The van der Waals surface area contributed by atoms with E-state index >= 15 is 0 Å². The normalized spacial score (nSPS) is 13.7. The van der Waals surface area contributed by atoms with Gasteiger partial charge in [0.25, 0.3) is 5.91 Å². The van der Waals surface area contributed by atoms with Crippen molar-refractivity contribution in [2.24, 2.45) is 5.73 Å². The third-order valence-electron chi connectivity index (χ3n) is 0.779. The molecule has 1 amide bonds. The Bertz CT molecular complexity index is 140. The molecular weight excluding hydrogens is 234 g/mol. The first-order valence-electron chi connectivity index (χ1n) is 2.57. The lowest BCUT2D eigenvalue weighted by molar-refractivity contribution is -0.120. The van der Waals surface area contributed by atoms with Crippen LogP contribution in [0.15, 0.2) is 0 Å². The van der Waals surface area contributed by atoms with Gasteiger partial charge in [-0.25, -0.2) is 0 Å². The van der Waals surface area contributed by atoms with Crippen LogP contribution in [0.5, 0.6) is 0 Å². The predicted octanol–water partition coefficient (Wildman–Crippen LogP) is 0.995. The molecule has 0 spiro atoms. The average Bonchev–Trinajstić information content (AvgIpc) is 1.87. The van der Waals surface area contributed by atoms with Gasteiger partial charge in [0.2, 0.25) is 0 Å². The standard InChI is InChI=1S/C4H6Cl4N2O/c5-1(6)3(9)10-4(11)2(7)8/h1-3H,9H2,(H,10,11). The van der Waals surface area contributed by atoms with Crippen LogP contribution in [-0.4, -0.2) is 21.7 Å². The van der Waals surface area contributed by atoms with E-state index in [9.17, 15) is 4.79 Å². The minimum absolute atomic E-state index is 0.618. The molecule has 0 aliphatic carbocycles. The summed E-state index contributed by atoms with van der Waals surface area (Å²) in [6.07, 6.45) is -0.856. The average molecular weight is 240 g/mol. The van der Waals surface area contributed by atoms with Gasteiger partial charge in [-0.3, -0.25) is 4.79 Å². The van der Waals surface area contributed by atoms with E-state index in [2.05, 4.69) is 5.32 Å². The predicted molar refractivity (Wildman–Crippen MR) is 47.1 cm³/mol. The second kappa shape index (κ2) is 5.27. The van der Waals surface area contributed by atoms with Gasteiger partial charge in [-0.15, -0.1) is 23.2 Å². The van der Waals surface area contributed by atoms with E-state index in [0.29, 0.717) is 0 Å². The zero-order valence-corrected chi connectivity index (χ0v) is 8.25. The molecule has 0 rings (SSSR count). The molecule has 0 aliphatic heterocycles. The SMILES string of the molecule is NC(NC(=O)C(Cl)Cl)C(Cl)Cl. The maximum Gasteiger partial charge on any atom is 0.254 e. The smallest absolute Gasteiger partial charge is 0.254 e. The van der Waals surface area contributed by atoms with Gasteiger partial charge in [0.15, 0.2) is 4.84 Å². The fourth-order valence-corrected chi connectivity index (χ4v) is 0.542. The summed E-state index contributed by atoms with van der Waals surface area (Å²) >= 11 is 21.0. The Morgan fingerprint density at radius 1 is 1.27 bits per heavy atom. The minimum Gasteiger partial charge on any atom is -0.336 e. The molecule has 66 valence electrons. The number of carbonyl (C=O) groups excluding carboxylic acids is 1. The molecule has 0 saturated carbocycles. The highest BCUT2D eigenvalue weighted by atomic mass is 35.5. The number of amides is 1. The Kier molecular flexibility index (Phi) is 5.56. The van der Waals surface area contributed by atoms with Gasteiger partial charge in [0.05, 0.1) is 0 Å². The Balaban J connectivity index is 3.76. The number of carbonyl (C=O) groups is 1. The van der Waals surface area contributed by atoms with Crippen molar-refractivity contribution >= 4 is 52.3 Å². The maximum atomic E-state index is 10.7. The van der Waals surface area contributed by atoms with E-state index in [1.165, 1.54) is 0 Å². The van der Waals surface area contributed by atoms with Gasteiger partial charge in [-0.1, -0.05) is 23.2 Å². The number of hydrogen-bond donors (Lipinski definition) is 2. The molecule has 7 heteroatoms. The van der Waals surface area contributed by atoms with Crippen molar-refractivity contribution in [1.82, 2.24) is 5.32 Å². The topological polar surface area (TPSA) is 55.1 Å². The molecule has 3 N–H and O–H groups in total. The van der Waals surface area contributed by atoms with Gasteiger partial charge in [0.1, 0.15) is 11.0 Å². The van der Waals surface area contributed by atoms with Gasteiger partial charge in [0, 0.05) is 0 Å².